The Morgan fingerprint density at radius 1 is 0.438 bits per heavy atom. The van der Waals surface area contributed by atoms with Gasteiger partial charge in [-0.05, 0) is 54.3 Å². The van der Waals surface area contributed by atoms with Crippen molar-refractivity contribution in [2.75, 3.05) is 81.5 Å². The number of nitrogens with one attached hydrogen (secondary N) is 4. The quantitative estimate of drug-likeness (QED) is 0.0141. The highest BCUT2D eigenvalue weighted by atomic mass is 31.2. The fourth-order valence-electron chi connectivity index (χ4n) is 16.5. The molecular formula is C77H95N25O38P6. The van der Waals surface area contributed by atoms with Gasteiger partial charge in [-0.25, -0.2) is 66.7 Å². The minimum absolute atomic E-state index is 0.00294. The molecule has 2 aromatic carbocycles. The molecule has 6 aliphatic heterocycles. The van der Waals surface area contributed by atoms with E-state index in [0.29, 0.717) is 12.1 Å². The first kappa shape index (κ1) is 106. The number of anilines is 5. The number of aryl methyl sites for hydroxylation is 1. The van der Waals surface area contributed by atoms with Crippen molar-refractivity contribution in [3.8, 4) is 0 Å². The number of hydrogen-bond donors (Lipinski definition) is 17. The van der Waals surface area contributed by atoms with Crippen LogP contribution in [0.1, 0.15) is 115 Å². The summed E-state index contributed by atoms with van der Waals surface area (Å²) in [7, 11) is -33.1. The van der Waals surface area contributed by atoms with Crippen molar-refractivity contribution < 1.29 is 149 Å². The van der Waals surface area contributed by atoms with Crippen LogP contribution < -0.4 is 73.5 Å². The molecule has 0 bridgehead atoms. The Kier molecular flexibility index (Phi) is 31.8. The molecule has 0 spiro atoms. The van der Waals surface area contributed by atoms with Crippen LogP contribution in [0, 0.1) is 6.92 Å². The van der Waals surface area contributed by atoms with Gasteiger partial charge < -0.3 is 103 Å². The molecular weight excluding hydrogens is 2070 g/mol. The van der Waals surface area contributed by atoms with E-state index < -0.39 is 287 Å². The average molecular weight is 2160 g/mol. The lowest BCUT2D eigenvalue weighted by molar-refractivity contribution is -0.0648. The number of aromatic nitrogens is 18. The van der Waals surface area contributed by atoms with E-state index >= 15 is 0 Å². The first-order chi connectivity index (χ1) is 69.3. The third kappa shape index (κ3) is 25.4. The van der Waals surface area contributed by atoms with Gasteiger partial charge in [0.15, 0.2) is 33.8 Å². The average Bonchev–Trinajstić information content (AvgIpc) is 1.63. The number of carbonyl (C=O) groups is 1. The summed E-state index contributed by atoms with van der Waals surface area (Å²) in [5.41, 5.74) is 31.9. The molecule has 15 heterocycles. The van der Waals surface area contributed by atoms with Crippen molar-refractivity contribution in [3.05, 3.63) is 195 Å². The van der Waals surface area contributed by atoms with Gasteiger partial charge in [0.2, 0.25) is 11.9 Å². The molecule has 9 aromatic heterocycles. The van der Waals surface area contributed by atoms with Gasteiger partial charge in [0, 0.05) is 81.3 Å². The van der Waals surface area contributed by atoms with Crippen molar-refractivity contribution >= 4 is 128 Å². The Morgan fingerprint density at radius 2 is 0.808 bits per heavy atom. The highest BCUT2D eigenvalue weighted by Gasteiger charge is 2.52. The van der Waals surface area contributed by atoms with Gasteiger partial charge in [-0.3, -0.25) is 116 Å². The predicted molar refractivity (Wildman–Crippen MR) is 496 cm³/mol. The molecule has 6 saturated heterocycles. The predicted octanol–water partition coefficient (Wildman–Crippen LogP) is 0.556. The SMILES string of the molecule is Cc1cn([C@H]2C[C@H](OP(=O)(O)OC[C@H]3O[C@@H](n4cnc5c(=O)[nH]c(N)nc54)C[C@@H]3OP(=O)(O)OC[C@H]3O[C@@H](n4ccc(N)nc4=O)C[C@@H]3OP(=O)(O)OC[C@H]3O[C@@H](n4cnc5c(=O)[nH]c(N)nc54)C[C@@H]3OP(=O)(O)OC[C@H]3O[C@@H](n4ccc(N)nc4=O)C[C@@H]3OP(=O)(O)OC[C@H]3O[C@@H](n4cnc5c(N)ncnc54)C[C@@H]3O)[C@@H](COP(=O)(O)OCCCNC(=O)c3ccc(/C=C/c4ccc(CN)cc4)cc3)O2)c(=O)[nH]c1=O. The minimum atomic E-state index is -5.72. The van der Waals surface area contributed by atoms with Crippen LogP contribution in [0.4, 0.5) is 29.4 Å². The number of phosphoric acid groups is 6. The number of aliphatic hydroxyl groups is 1. The number of hydrogen-bond acceptors (Lipinski definition) is 47. The van der Waals surface area contributed by atoms with Crippen molar-refractivity contribution in [1.82, 2.24) is 92.5 Å². The smallest absolute Gasteiger partial charge is 0.390 e. The number of aliphatic hydroxyl groups excluding tert-OH is 1. The van der Waals surface area contributed by atoms with Gasteiger partial charge in [-0.1, -0.05) is 48.6 Å². The lowest BCUT2D eigenvalue weighted by Gasteiger charge is -2.26. The van der Waals surface area contributed by atoms with E-state index in [1.54, 1.807) is 24.3 Å². The summed E-state index contributed by atoms with van der Waals surface area (Å²) in [5, 5.41) is 13.7. The molecule has 17 rings (SSSR count). The summed E-state index contributed by atoms with van der Waals surface area (Å²) < 4.78 is 194. The highest BCUT2D eigenvalue weighted by molar-refractivity contribution is 7.48. The molecule has 0 radical (unpaired) electrons. The molecule has 24 atom stereocenters. The Balaban J connectivity index is 0.557. The second kappa shape index (κ2) is 43.8. The summed E-state index contributed by atoms with van der Waals surface area (Å²) in [5.74, 6) is -1.72. The maximum atomic E-state index is 14.6. The number of amides is 1. The van der Waals surface area contributed by atoms with Crippen LogP contribution in [0.2, 0.25) is 0 Å². The number of rotatable bonds is 43. The Hall–Kier alpha value is -11.3. The van der Waals surface area contributed by atoms with Crippen LogP contribution in [0.15, 0.2) is 133 Å². The second-order valence-electron chi connectivity index (χ2n) is 33.6. The van der Waals surface area contributed by atoms with Crippen LogP contribution >= 0.6 is 46.9 Å². The van der Waals surface area contributed by atoms with Crippen LogP contribution in [-0.4, -0.2) is 254 Å². The molecule has 0 aliphatic carbocycles. The lowest BCUT2D eigenvalue weighted by atomic mass is 10.1. The standard InChI is InChI=1S/C77H95N25O38P6/c1-37-26-99(77(110)96-69(37)104)59-22-45(49(133-59)28-124-141(111,112)123-18-2-15-84-70(105)41-11-9-39(10-12-41)4-3-38-5-7-40(25-78)8-6-38)138-144(117,118)129-32-53-47(24-61(135-53)102-36-89-64-68(102)93-74(83)95-72(64)107)140-146(121,122)127-30-51-44(21-58(132-51)98-17-14-55(80)91-76(98)109)137-143(115,116)128-31-52-46(23-60(134-52)101-35-88-63-67(101)92-73(82)94-71(63)106)139-145(119,120)126-29-50-43(20-57(131-50)97-16-13-54(79)90-75(97)108)136-142(113,114)125-27-48-42(103)19-56(130-48)100-34-87-62-65(81)85-33-86-66(62)100/h3-14,16-17,26,33-36,42-53,56-61,103H,2,15,18-25,27-32,78H2,1H3,(H,84,105)(H,111,112)(H,113,114)(H,115,116)(H,117,118)(H,119,120)(H,121,122)(H2,79,90,108)(H2,80,91,109)(H2,81,85,86)(H,96,104,110)(H3,82,92,94,106)(H3,83,93,95,107)/b4-3+/t42-,43-,44-,45-,46-,47-,48+,49+,50+,51+,52+,53+,56+,57+,58+,59+,60+,61+/m0/s1. The molecule has 6 fully saturated rings. The van der Waals surface area contributed by atoms with Crippen LogP contribution in [0.3, 0.4) is 0 Å². The molecule has 69 heteroatoms. The zero-order valence-corrected chi connectivity index (χ0v) is 81.2. The molecule has 786 valence electrons. The van der Waals surface area contributed by atoms with E-state index in [2.05, 4.69) is 65.1 Å². The van der Waals surface area contributed by atoms with Crippen molar-refractivity contribution in [2.24, 2.45) is 5.73 Å². The summed E-state index contributed by atoms with van der Waals surface area (Å²) in [6, 6.07) is 16.7. The third-order valence-corrected chi connectivity index (χ3v) is 29.6. The van der Waals surface area contributed by atoms with Crippen molar-refractivity contribution in [1.29, 1.82) is 0 Å². The molecule has 6 aliphatic rings. The number of benzene rings is 2. The Morgan fingerprint density at radius 3 is 1.23 bits per heavy atom. The van der Waals surface area contributed by atoms with Crippen LogP contribution in [0.5, 0.6) is 0 Å². The maximum absolute atomic E-state index is 14.6. The Bertz CT molecular complexity index is 7400. The molecule has 63 nitrogen and oxygen atoms in total. The van der Waals surface area contributed by atoms with Gasteiger partial charge in [-0.15, -0.1) is 0 Å². The van der Waals surface area contributed by atoms with E-state index in [-0.39, 0.29) is 75.9 Å². The number of H-pyrrole nitrogens is 3. The van der Waals surface area contributed by atoms with E-state index in [0.717, 1.165) is 76.8 Å². The molecule has 6 unspecified atom stereocenters. The van der Waals surface area contributed by atoms with Crippen LogP contribution in [-0.2, 0) is 117 Å². The molecule has 0 saturated carbocycles. The maximum Gasteiger partial charge on any atom is 0.472 e. The zero-order valence-electron chi connectivity index (χ0n) is 75.8. The molecule has 23 N–H and O–H groups in total. The molecule has 146 heavy (non-hydrogen) atoms. The van der Waals surface area contributed by atoms with Crippen molar-refractivity contribution in [3.63, 3.8) is 0 Å². The molecule has 11 aromatic rings. The monoisotopic (exact) mass is 2160 g/mol. The fourth-order valence-corrected chi connectivity index (χ4v) is 22.1. The highest BCUT2D eigenvalue weighted by Crippen LogP contribution is 2.57. The van der Waals surface area contributed by atoms with Gasteiger partial charge in [0.05, 0.1) is 71.3 Å². The number of fused-ring (bicyclic) bond motifs is 3. The Labute approximate surface area is 817 Å². The number of ether oxygens (including phenoxy) is 6. The largest absolute Gasteiger partial charge is 0.472 e. The summed E-state index contributed by atoms with van der Waals surface area (Å²) >= 11 is 0. The van der Waals surface area contributed by atoms with E-state index in [1.807, 2.05) is 36.4 Å². The number of aromatic amines is 3. The van der Waals surface area contributed by atoms with E-state index in [1.165, 1.54) is 30.2 Å². The second-order valence-corrected chi connectivity index (χ2v) is 42.1. The van der Waals surface area contributed by atoms with Gasteiger partial charge in [0.1, 0.15) is 128 Å². The third-order valence-electron chi connectivity index (χ3n) is 23.6. The van der Waals surface area contributed by atoms with Gasteiger partial charge in [-0.2, -0.15) is 19.9 Å². The number of imidazole rings is 3. The van der Waals surface area contributed by atoms with E-state index in [4.69, 9.17) is 117 Å². The lowest BCUT2D eigenvalue weighted by Crippen LogP contribution is -2.33. The van der Waals surface area contributed by atoms with Gasteiger partial charge in [0.25, 0.3) is 22.6 Å². The summed E-state index contributed by atoms with van der Waals surface area (Å²) in [4.78, 5) is 203. The number of nitrogens with zero attached hydrogens (tertiary/aromatic N) is 15. The number of nitrogens with two attached hydrogens (primary N) is 6. The first-order valence-corrected chi connectivity index (χ1v) is 53.1. The zero-order chi connectivity index (χ0) is 104. The minimum Gasteiger partial charge on any atom is -0.390 e. The summed E-state index contributed by atoms with van der Waals surface area (Å²) in [6.45, 7) is -5.10. The van der Waals surface area contributed by atoms with Crippen molar-refractivity contribution in [2.45, 2.75) is 169 Å². The normalized spacial score (nSPS) is 26.9. The number of phosphoric ester groups is 6. The van der Waals surface area contributed by atoms with Crippen LogP contribution in [0.25, 0.3) is 45.6 Å². The van der Waals surface area contributed by atoms with E-state index in [9.17, 15) is 95.4 Å². The number of carbonyl (C=O) groups excluding carboxylic acids is 1. The molecule has 1 amide bonds. The first-order valence-electron chi connectivity index (χ1n) is 44.1. The number of nitrogen functional groups attached to an aromatic ring is 5. The fraction of sp³-hybridized carbons (Fsp3) is 0.455. The van der Waals surface area contributed by atoms with Gasteiger partial charge >= 0.3 is 64.0 Å². The summed E-state index contributed by atoms with van der Waals surface area (Å²) in [6.07, 6.45) is -19.8. The topological polar surface area (TPSA) is 891 Å².